The molecule has 0 aromatic heterocycles. The Balaban J connectivity index is 2.00. The smallest absolute Gasteiger partial charge is 0.119 e. The molecule has 1 aliphatic carbocycles. The van der Waals surface area contributed by atoms with E-state index in [0.717, 1.165) is 24.3 Å². The van der Waals surface area contributed by atoms with Crippen molar-refractivity contribution < 1.29 is 9.47 Å². The van der Waals surface area contributed by atoms with Crippen molar-refractivity contribution in [3.63, 3.8) is 0 Å². The lowest BCUT2D eigenvalue weighted by Gasteiger charge is -2.20. The molecule has 2 aromatic rings. The van der Waals surface area contributed by atoms with Crippen LogP contribution < -0.4 is 9.47 Å². The average molecular weight is 240 g/mol. The van der Waals surface area contributed by atoms with Crippen molar-refractivity contribution in [2.24, 2.45) is 0 Å². The first-order chi connectivity index (χ1) is 8.80. The van der Waals surface area contributed by atoms with E-state index in [-0.39, 0.29) is 0 Å². The van der Waals surface area contributed by atoms with Gasteiger partial charge in [-0.3, -0.25) is 0 Å². The Morgan fingerprint density at radius 3 is 1.50 bits per heavy atom. The largest absolute Gasteiger partial charge is 0.497 e. The van der Waals surface area contributed by atoms with Gasteiger partial charge < -0.3 is 9.47 Å². The van der Waals surface area contributed by atoms with E-state index in [1.165, 1.54) is 22.3 Å². The molecule has 0 spiro atoms. The molecule has 0 radical (unpaired) electrons. The zero-order chi connectivity index (χ0) is 12.5. The zero-order valence-electron chi connectivity index (χ0n) is 10.7. The van der Waals surface area contributed by atoms with E-state index in [9.17, 15) is 0 Å². The Labute approximate surface area is 107 Å². The number of methoxy groups -OCH3 is 2. The van der Waals surface area contributed by atoms with Gasteiger partial charge in [0, 0.05) is 0 Å². The second kappa shape index (κ2) is 4.37. The molecule has 0 saturated carbocycles. The zero-order valence-corrected chi connectivity index (χ0v) is 10.7. The highest BCUT2D eigenvalue weighted by molar-refractivity contribution is 5.49. The lowest BCUT2D eigenvalue weighted by molar-refractivity contribution is 0.413. The first-order valence-corrected chi connectivity index (χ1v) is 6.12. The van der Waals surface area contributed by atoms with Crippen LogP contribution in [0.1, 0.15) is 22.3 Å². The molecular formula is C16H16O2. The second-order valence-corrected chi connectivity index (χ2v) is 4.62. The molecule has 0 heterocycles. The highest BCUT2D eigenvalue weighted by atomic mass is 16.5. The van der Waals surface area contributed by atoms with Gasteiger partial charge in [-0.05, 0) is 59.4 Å². The van der Waals surface area contributed by atoms with Crippen LogP contribution in [0.3, 0.4) is 0 Å². The predicted octanol–water partition coefficient (Wildman–Crippen LogP) is 3.20. The van der Waals surface area contributed by atoms with Crippen LogP contribution in [0.4, 0.5) is 0 Å². The summed E-state index contributed by atoms with van der Waals surface area (Å²) in [5.41, 5.74) is 5.51. The Hall–Kier alpha value is -1.96. The number of hydrogen-bond acceptors (Lipinski definition) is 2. The molecule has 0 bridgehead atoms. The molecule has 2 heteroatoms. The number of benzene rings is 2. The Kier molecular flexibility index (Phi) is 2.71. The van der Waals surface area contributed by atoms with Crippen LogP contribution >= 0.6 is 0 Å². The topological polar surface area (TPSA) is 18.5 Å². The maximum absolute atomic E-state index is 5.28. The molecule has 0 aliphatic heterocycles. The van der Waals surface area contributed by atoms with Gasteiger partial charge in [-0.15, -0.1) is 0 Å². The van der Waals surface area contributed by atoms with E-state index in [0.29, 0.717) is 0 Å². The molecule has 92 valence electrons. The van der Waals surface area contributed by atoms with Crippen molar-refractivity contribution in [1.29, 1.82) is 0 Å². The Morgan fingerprint density at radius 1 is 0.667 bits per heavy atom. The van der Waals surface area contributed by atoms with Crippen molar-refractivity contribution in [2.45, 2.75) is 12.8 Å². The van der Waals surface area contributed by atoms with Crippen molar-refractivity contribution >= 4 is 0 Å². The van der Waals surface area contributed by atoms with Crippen LogP contribution in [0.2, 0.25) is 0 Å². The SMILES string of the molecule is COc1ccc2c(c1)Cc1ccc(OC)cc1C2. The van der Waals surface area contributed by atoms with Crippen LogP contribution in [0, 0.1) is 0 Å². The van der Waals surface area contributed by atoms with Crippen molar-refractivity contribution in [1.82, 2.24) is 0 Å². The molecule has 1 aliphatic rings. The van der Waals surface area contributed by atoms with Crippen LogP contribution in [-0.2, 0) is 12.8 Å². The molecule has 0 saturated heterocycles. The standard InChI is InChI=1S/C16H16O2/c1-17-15-5-3-11-8-14-10-16(18-2)6-4-12(14)7-13(11)9-15/h3-6,9-10H,7-8H2,1-2H3. The molecule has 0 amide bonds. The maximum Gasteiger partial charge on any atom is 0.119 e. The lowest BCUT2D eigenvalue weighted by atomic mass is 9.86. The first-order valence-electron chi connectivity index (χ1n) is 6.12. The molecule has 0 fully saturated rings. The highest BCUT2D eigenvalue weighted by Crippen LogP contribution is 2.31. The van der Waals surface area contributed by atoms with Crippen LogP contribution in [0.25, 0.3) is 0 Å². The van der Waals surface area contributed by atoms with Gasteiger partial charge in [0.1, 0.15) is 11.5 Å². The fourth-order valence-corrected chi connectivity index (χ4v) is 2.54. The van der Waals surface area contributed by atoms with Gasteiger partial charge in [0.2, 0.25) is 0 Å². The van der Waals surface area contributed by atoms with Crippen molar-refractivity contribution in [2.75, 3.05) is 14.2 Å². The number of rotatable bonds is 2. The molecule has 2 nitrogen and oxygen atoms in total. The molecule has 0 unspecified atom stereocenters. The van der Waals surface area contributed by atoms with E-state index in [1.807, 2.05) is 12.1 Å². The average Bonchev–Trinajstić information content (AvgIpc) is 2.43. The number of ether oxygens (including phenoxy) is 2. The molecule has 0 atom stereocenters. The number of fused-ring (bicyclic) bond motifs is 2. The minimum atomic E-state index is 0.936. The summed E-state index contributed by atoms with van der Waals surface area (Å²) in [5.74, 6) is 1.87. The third-order valence-corrected chi connectivity index (χ3v) is 3.59. The fourth-order valence-electron chi connectivity index (χ4n) is 2.54. The quantitative estimate of drug-likeness (QED) is 0.685. The van der Waals surface area contributed by atoms with Gasteiger partial charge >= 0.3 is 0 Å². The third kappa shape index (κ3) is 1.84. The molecule has 0 N–H and O–H groups in total. The van der Waals surface area contributed by atoms with E-state index in [2.05, 4.69) is 24.3 Å². The monoisotopic (exact) mass is 240 g/mol. The number of hydrogen-bond donors (Lipinski definition) is 0. The van der Waals surface area contributed by atoms with E-state index in [1.54, 1.807) is 14.2 Å². The van der Waals surface area contributed by atoms with Gasteiger partial charge in [0.15, 0.2) is 0 Å². The molecule has 2 aromatic carbocycles. The van der Waals surface area contributed by atoms with Gasteiger partial charge in [0.25, 0.3) is 0 Å². The summed E-state index contributed by atoms with van der Waals surface area (Å²) in [7, 11) is 3.42. The van der Waals surface area contributed by atoms with Crippen molar-refractivity contribution in [3.05, 3.63) is 58.7 Å². The summed E-state index contributed by atoms with van der Waals surface area (Å²) in [6, 6.07) is 12.7. The Bertz CT molecular complexity index is 534. The molecule has 3 rings (SSSR count). The van der Waals surface area contributed by atoms with E-state index >= 15 is 0 Å². The second-order valence-electron chi connectivity index (χ2n) is 4.62. The highest BCUT2D eigenvalue weighted by Gasteiger charge is 2.16. The van der Waals surface area contributed by atoms with Crippen LogP contribution in [-0.4, -0.2) is 14.2 Å². The summed E-state index contributed by atoms with van der Waals surface area (Å²) < 4.78 is 10.6. The molecular weight excluding hydrogens is 224 g/mol. The first kappa shape index (κ1) is 11.1. The van der Waals surface area contributed by atoms with Gasteiger partial charge in [0.05, 0.1) is 14.2 Å². The van der Waals surface area contributed by atoms with Crippen LogP contribution in [0.5, 0.6) is 11.5 Å². The summed E-state index contributed by atoms with van der Waals surface area (Å²) in [6.45, 7) is 0. The maximum atomic E-state index is 5.28. The third-order valence-electron chi connectivity index (χ3n) is 3.59. The predicted molar refractivity (Wildman–Crippen MR) is 71.6 cm³/mol. The van der Waals surface area contributed by atoms with Gasteiger partial charge in [-0.1, -0.05) is 12.1 Å². The summed E-state index contributed by atoms with van der Waals surface area (Å²) >= 11 is 0. The minimum Gasteiger partial charge on any atom is -0.497 e. The minimum absolute atomic E-state index is 0.936. The summed E-state index contributed by atoms with van der Waals surface area (Å²) in [4.78, 5) is 0. The Morgan fingerprint density at radius 2 is 1.11 bits per heavy atom. The summed E-state index contributed by atoms with van der Waals surface area (Å²) in [5, 5.41) is 0. The molecule has 18 heavy (non-hydrogen) atoms. The lowest BCUT2D eigenvalue weighted by Crippen LogP contribution is -2.07. The van der Waals surface area contributed by atoms with Crippen LogP contribution in [0.15, 0.2) is 36.4 Å². The normalized spacial score (nSPS) is 12.6. The van der Waals surface area contributed by atoms with Gasteiger partial charge in [-0.25, -0.2) is 0 Å². The van der Waals surface area contributed by atoms with E-state index in [4.69, 9.17) is 9.47 Å². The van der Waals surface area contributed by atoms with Gasteiger partial charge in [-0.2, -0.15) is 0 Å². The summed E-state index contributed by atoms with van der Waals surface area (Å²) in [6.07, 6.45) is 1.96. The van der Waals surface area contributed by atoms with Crippen molar-refractivity contribution in [3.8, 4) is 11.5 Å². The fraction of sp³-hybridized carbons (Fsp3) is 0.250. The van der Waals surface area contributed by atoms with E-state index < -0.39 is 0 Å².